The van der Waals surface area contributed by atoms with Crippen LogP contribution in [0, 0.1) is 13.8 Å². The van der Waals surface area contributed by atoms with Gasteiger partial charge in [-0.05, 0) is 37.6 Å². The van der Waals surface area contributed by atoms with Crippen molar-refractivity contribution in [1.29, 1.82) is 0 Å². The zero-order valence-corrected chi connectivity index (χ0v) is 17.6. The summed E-state index contributed by atoms with van der Waals surface area (Å²) in [5.74, 6) is 0.707. The van der Waals surface area contributed by atoms with Gasteiger partial charge in [0.05, 0.1) is 24.5 Å². The smallest absolute Gasteiger partial charge is 0.254 e. The lowest BCUT2D eigenvalue weighted by molar-refractivity contribution is 0.0750. The van der Waals surface area contributed by atoms with Crippen LogP contribution in [0.3, 0.4) is 0 Å². The summed E-state index contributed by atoms with van der Waals surface area (Å²) in [6.07, 6.45) is 1.84. The van der Waals surface area contributed by atoms with E-state index in [2.05, 4.69) is 23.1 Å². The second kappa shape index (κ2) is 7.80. The van der Waals surface area contributed by atoms with Gasteiger partial charge in [0.1, 0.15) is 0 Å². The first-order chi connectivity index (χ1) is 15.1. The van der Waals surface area contributed by atoms with E-state index in [-0.39, 0.29) is 5.91 Å². The van der Waals surface area contributed by atoms with Gasteiger partial charge in [-0.25, -0.2) is 9.97 Å². The van der Waals surface area contributed by atoms with Gasteiger partial charge in [0.2, 0.25) is 0 Å². The molecule has 2 aromatic heterocycles. The number of nitrogens with zero attached hydrogens (tertiary/aromatic N) is 5. The second-order valence-corrected chi connectivity index (χ2v) is 7.97. The van der Waals surface area contributed by atoms with E-state index in [0.29, 0.717) is 31.0 Å². The molecule has 0 saturated carbocycles. The number of carbonyl (C=O) groups excluding carboxylic acids is 1. The van der Waals surface area contributed by atoms with Gasteiger partial charge in [-0.3, -0.25) is 9.48 Å². The van der Waals surface area contributed by atoms with Gasteiger partial charge in [0.25, 0.3) is 5.91 Å². The molecule has 1 aliphatic heterocycles. The highest BCUT2D eigenvalue weighted by molar-refractivity contribution is 5.94. The lowest BCUT2D eigenvalue weighted by atomic mass is 10.1. The van der Waals surface area contributed by atoms with Gasteiger partial charge in [0.15, 0.2) is 5.82 Å². The molecule has 3 heterocycles. The average Bonchev–Trinajstić information content (AvgIpc) is 3.36. The molecule has 0 N–H and O–H groups in total. The molecule has 0 radical (unpaired) electrons. The number of hydrogen-bond acceptors (Lipinski definition) is 4. The molecule has 1 aliphatic rings. The predicted octanol–water partition coefficient (Wildman–Crippen LogP) is 4.16. The van der Waals surface area contributed by atoms with Crippen molar-refractivity contribution in [3.05, 3.63) is 101 Å². The standard InChI is InChI=1S/C25H23N5O/c1-17-12-18(2)30(28-17)14-19-8-10-21(11-9-19)25(31)29-15-22-13-26-24(27-23(22)16-29)20-6-4-3-5-7-20/h3-13H,14-16H2,1-2H3. The zero-order chi connectivity index (χ0) is 21.4. The summed E-state index contributed by atoms with van der Waals surface area (Å²) in [4.78, 5) is 24.1. The predicted molar refractivity (Wildman–Crippen MR) is 118 cm³/mol. The number of amides is 1. The van der Waals surface area contributed by atoms with Gasteiger partial charge in [-0.1, -0.05) is 42.5 Å². The van der Waals surface area contributed by atoms with Crippen LogP contribution < -0.4 is 0 Å². The lowest BCUT2D eigenvalue weighted by Gasteiger charge is -2.15. The summed E-state index contributed by atoms with van der Waals surface area (Å²) in [7, 11) is 0. The minimum Gasteiger partial charge on any atom is -0.328 e. The van der Waals surface area contributed by atoms with Crippen molar-refractivity contribution in [3.8, 4) is 11.4 Å². The Balaban J connectivity index is 1.29. The second-order valence-electron chi connectivity index (χ2n) is 7.97. The molecule has 0 unspecified atom stereocenters. The van der Waals surface area contributed by atoms with E-state index in [9.17, 15) is 4.79 Å². The Hall–Kier alpha value is -3.80. The maximum Gasteiger partial charge on any atom is 0.254 e. The summed E-state index contributed by atoms with van der Waals surface area (Å²) in [5, 5.41) is 4.51. The first kappa shape index (κ1) is 19.2. The van der Waals surface area contributed by atoms with Crippen molar-refractivity contribution >= 4 is 5.91 Å². The van der Waals surface area contributed by atoms with Crippen LogP contribution in [-0.2, 0) is 19.6 Å². The monoisotopic (exact) mass is 409 g/mol. The molecule has 0 aliphatic carbocycles. The SMILES string of the molecule is Cc1cc(C)n(Cc2ccc(C(=O)N3Cc4cnc(-c5ccccc5)nc4C3)cc2)n1. The van der Waals surface area contributed by atoms with Crippen molar-refractivity contribution in [1.82, 2.24) is 24.6 Å². The summed E-state index contributed by atoms with van der Waals surface area (Å²) in [6.45, 7) is 5.78. The molecule has 6 nitrogen and oxygen atoms in total. The molecular weight excluding hydrogens is 386 g/mol. The van der Waals surface area contributed by atoms with Crippen LogP contribution in [0.2, 0.25) is 0 Å². The molecule has 0 bridgehead atoms. The Labute approximate surface area is 181 Å². The highest BCUT2D eigenvalue weighted by Crippen LogP contribution is 2.25. The van der Waals surface area contributed by atoms with E-state index in [1.807, 2.05) is 77.3 Å². The Morgan fingerprint density at radius 1 is 1.00 bits per heavy atom. The van der Waals surface area contributed by atoms with Gasteiger partial charge in [-0.15, -0.1) is 0 Å². The summed E-state index contributed by atoms with van der Waals surface area (Å²) < 4.78 is 1.98. The van der Waals surface area contributed by atoms with E-state index in [4.69, 9.17) is 4.98 Å². The van der Waals surface area contributed by atoms with Crippen LogP contribution >= 0.6 is 0 Å². The molecule has 2 aromatic carbocycles. The van der Waals surface area contributed by atoms with E-state index in [0.717, 1.165) is 33.8 Å². The summed E-state index contributed by atoms with van der Waals surface area (Å²) in [6, 6.07) is 19.8. The molecule has 0 saturated heterocycles. The maximum atomic E-state index is 13.1. The van der Waals surface area contributed by atoms with Crippen LogP contribution in [0.5, 0.6) is 0 Å². The van der Waals surface area contributed by atoms with Crippen molar-refractivity contribution in [3.63, 3.8) is 0 Å². The minimum absolute atomic E-state index is 0.0110. The fourth-order valence-corrected chi connectivity index (χ4v) is 3.97. The Morgan fingerprint density at radius 2 is 1.77 bits per heavy atom. The highest BCUT2D eigenvalue weighted by Gasteiger charge is 2.26. The van der Waals surface area contributed by atoms with Crippen molar-refractivity contribution in [2.75, 3.05) is 0 Å². The molecule has 4 aromatic rings. The third-order valence-corrected chi connectivity index (χ3v) is 5.61. The first-order valence-corrected chi connectivity index (χ1v) is 10.4. The van der Waals surface area contributed by atoms with E-state index in [1.165, 1.54) is 0 Å². The molecule has 0 fully saturated rings. The van der Waals surface area contributed by atoms with Crippen molar-refractivity contribution in [2.24, 2.45) is 0 Å². The normalized spacial score (nSPS) is 12.8. The van der Waals surface area contributed by atoms with Gasteiger partial charge < -0.3 is 4.90 Å². The van der Waals surface area contributed by atoms with E-state index >= 15 is 0 Å². The zero-order valence-electron chi connectivity index (χ0n) is 17.6. The largest absolute Gasteiger partial charge is 0.328 e. The van der Waals surface area contributed by atoms with Crippen LogP contribution in [0.15, 0.2) is 66.9 Å². The fraction of sp³-hybridized carbons (Fsp3) is 0.200. The van der Waals surface area contributed by atoms with Crippen molar-refractivity contribution < 1.29 is 4.79 Å². The van der Waals surface area contributed by atoms with E-state index in [1.54, 1.807) is 0 Å². The molecule has 1 amide bonds. The Kier molecular flexibility index (Phi) is 4.82. The van der Waals surface area contributed by atoms with Crippen LogP contribution in [0.1, 0.15) is 38.6 Å². The molecule has 0 atom stereocenters. The molecule has 154 valence electrons. The number of rotatable bonds is 4. The highest BCUT2D eigenvalue weighted by atomic mass is 16.2. The summed E-state index contributed by atoms with van der Waals surface area (Å²) >= 11 is 0. The number of fused-ring (bicyclic) bond motifs is 1. The average molecular weight is 409 g/mol. The molecule has 0 spiro atoms. The number of hydrogen-bond donors (Lipinski definition) is 0. The Morgan fingerprint density at radius 3 is 2.48 bits per heavy atom. The van der Waals surface area contributed by atoms with Gasteiger partial charge in [-0.2, -0.15) is 5.10 Å². The number of benzene rings is 2. The van der Waals surface area contributed by atoms with Gasteiger partial charge in [0, 0.05) is 35.1 Å². The molecular formula is C25H23N5O. The first-order valence-electron chi connectivity index (χ1n) is 10.4. The maximum absolute atomic E-state index is 13.1. The third kappa shape index (κ3) is 3.84. The minimum atomic E-state index is 0.0110. The third-order valence-electron chi connectivity index (χ3n) is 5.61. The molecule has 31 heavy (non-hydrogen) atoms. The number of carbonyl (C=O) groups is 1. The number of aromatic nitrogens is 4. The topological polar surface area (TPSA) is 63.9 Å². The lowest BCUT2D eigenvalue weighted by Crippen LogP contribution is -2.25. The van der Waals surface area contributed by atoms with Crippen LogP contribution in [0.25, 0.3) is 11.4 Å². The molecule has 5 rings (SSSR count). The fourth-order valence-electron chi connectivity index (χ4n) is 3.97. The number of aryl methyl sites for hydroxylation is 2. The molecule has 6 heteroatoms. The van der Waals surface area contributed by atoms with Crippen molar-refractivity contribution in [2.45, 2.75) is 33.5 Å². The van der Waals surface area contributed by atoms with Gasteiger partial charge >= 0.3 is 0 Å². The van der Waals surface area contributed by atoms with E-state index < -0.39 is 0 Å². The quantitative estimate of drug-likeness (QED) is 0.508. The van der Waals surface area contributed by atoms with Crippen LogP contribution in [0.4, 0.5) is 0 Å². The van der Waals surface area contributed by atoms with Crippen LogP contribution in [-0.4, -0.2) is 30.6 Å². The Bertz CT molecular complexity index is 1240. The summed E-state index contributed by atoms with van der Waals surface area (Å²) in [5.41, 5.74) is 6.85.